The summed E-state index contributed by atoms with van der Waals surface area (Å²) in [6.45, 7) is 2.22. The number of hydrogen-bond donors (Lipinski definition) is 2. The van der Waals surface area contributed by atoms with Gasteiger partial charge in [0.05, 0.1) is 9.20 Å². The van der Waals surface area contributed by atoms with Crippen molar-refractivity contribution < 1.29 is 14.7 Å². The molecule has 2 N–H and O–H groups in total. The van der Waals surface area contributed by atoms with Gasteiger partial charge in [-0.3, -0.25) is 4.79 Å². The van der Waals surface area contributed by atoms with Crippen molar-refractivity contribution in [3.05, 3.63) is 20.8 Å². The van der Waals surface area contributed by atoms with E-state index >= 15 is 0 Å². The fraction of sp³-hybridized carbons (Fsp3) is 0.571. The highest BCUT2D eigenvalue weighted by Crippen LogP contribution is 2.38. The van der Waals surface area contributed by atoms with Crippen LogP contribution in [0.2, 0.25) is 0 Å². The first kappa shape index (κ1) is 16.3. The molecule has 5 nitrogen and oxygen atoms in total. The zero-order chi connectivity index (χ0) is 15.6. The summed E-state index contributed by atoms with van der Waals surface area (Å²) in [4.78, 5) is 25.2. The van der Waals surface area contributed by atoms with Crippen LogP contribution in [-0.2, 0) is 11.3 Å². The molecule has 1 fully saturated rings. The van der Waals surface area contributed by atoms with E-state index in [1.165, 1.54) is 0 Å². The number of nitrogens with one attached hydrogen (secondary N) is 1. The van der Waals surface area contributed by atoms with Crippen LogP contribution in [0.4, 0.5) is 4.79 Å². The molecular weight excluding hydrogens is 356 g/mol. The van der Waals surface area contributed by atoms with Crippen molar-refractivity contribution in [1.82, 2.24) is 10.2 Å². The molecule has 2 unspecified atom stereocenters. The number of urea groups is 1. The van der Waals surface area contributed by atoms with E-state index in [0.717, 1.165) is 15.8 Å². The van der Waals surface area contributed by atoms with E-state index in [0.29, 0.717) is 19.4 Å². The van der Waals surface area contributed by atoms with Gasteiger partial charge < -0.3 is 15.3 Å². The molecule has 2 rings (SSSR count). The first-order chi connectivity index (χ1) is 9.83. The molecule has 116 valence electrons. The van der Waals surface area contributed by atoms with Gasteiger partial charge in [-0.15, -0.1) is 11.3 Å². The number of halogens is 1. The number of carboxylic acids is 1. The first-order valence-corrected chi connectivity index (χ1v) is 8.48. The van der Waals surface area contributed by atoms with Gasteiger partial charge in [0.2, 0.25) is 0 Å². The minimum Gasteiger partial charge on any atom is -0.481 e. The smallest absolute Gasteiger partial charge is 0.317 e. The van der Waals surface area contributed by atoms with Crippen molar-refractivity contribution in [1.29, 1.82) is 0 Å². The fourth-order valence-corrected chi connectivity index (χ4v) is 3.89. The molecule has 0 spiro atoms. The van der Waals surface area contributed by atoms with Crippen LogP contribution in [-0.4, -0.2) is 35.1 Å². The molecule has 0 radical (unpaired) electrons. The van der Waals surface area contributed by atoms with Crippen LogP contribution in [0.25, 0.3) is 0 Å². The van der Waals surface area contributed by atoms with Gasteiger partial charge in [-0.05, 0) is 52.7 Å². The average Bonchev–Trinajstić information content (AvgIpc) is 2.97. The predicted molar refractivity (Wildman–Crippen MR) is 85.4 cm³/mol. The molecule has 2 atom stereocenters. The third-order valence-corrected chi connectivity index (χ3v) is 5.69. The number of amides is 2. The van der Waals surface area contributed by atoms with Crippen LogP contribution in [0.5, 0.6) is 0 Å². The summed E-state index contributed by atoms with van der Waals surface area (Å²) in [5, 5.41) is 14.2. The third kappa shape index (κ3) is 3.58. The lowest BCUT2D eigenvalue weighted by Crippen LogP contribution is -2.50. The Labute approximate surface area is 136 Å². The Kier molecular flexibility index (Phi) is 4.93. The van der Waals surface area contributed by atoms with Gasteiger partial charge in [0.25, 0.3) is 0 Å². The lowest BCUT2D eigenvalue weighted by molar-refractivity contribution is -0.148. The highest BCUT2D eigenvalue weighted by Gasteiger charge is 2.46. The van der Waals surface area contributed by atoms with E-state index in [9.17, 15) is 14.7 Å². The van der Waals surface area contributed by atoms with Crippen LogP contribution >= 0.6 is 27.3 Å². The maximum atomic E-state index is 12.2. The molecule has 0 saturated heterocycles. The van der Waals surface area contributed by atoms with E-state index < -0.39 is 11.4 Å². The molecular formula is C14H19BrN2O3S. The van der Waals surface area contributed by atoms with Crippen LogP contribution in [0.1, 0.15) is 31.7 Å². The van der Waals surface area contributed by atoms with Crippen molar-refractivity contribution in [3.63, 3.8) is 0 Å². The second-order valence-corrected chi connectivity index (χ2v) is 8.02. The third-order valence-electron chi connectivity index (χ3n) is 4.13. The number of aliphatic carboxylic acids is 1. The Bertz CT molecular complexity index is 548. The molecule has 1 aromatic rings. The van der Waals surface area contributed by atoms with Crippen LogP contribution < -0.4 is 5.32 Å². The summed E-state index contributed by atoms with van der Waals surface area (Å²) < 4.78 is 1.03. The van der Waals surface area contributed by atoms with Gasteiger partial charge in [-0.2, -0.15) is 0 Å². The average molecular weight is 375 g/mol. The summed E-state index contributed by atoms with van der Waals surface area (Å²) in [6, 6.07) is 1.45. The lowest BCUT2D eigenvalue weighted by atomic mass is 9.85. The predicted octanol–water partition coefficient (Wildman–Crippen LogP) is 3.30. The lowest BCUT2D eigenvalue weighted by Gasteiger charge is -2.29. The van der Waals surface area contributed by atoms with E-state index in [1.807, 2.05) is 11.4 Å². The number of carboxylic acid groups (broad SMARTS) is 1. The second kappa shape index (κ2) is 6.36. The number of carbonyl (C=O) groups excluding carboxylic acids is 1. The number of rotatable bonds is 4. The maximum absolute atomic E-state index is 12.2. The molecule has 2 amide bonds. The van der Waals surface area contributed by atoms with Gasteiger partial charge in [0, 0.05) is 19.6 Å². The van der Waals surface area contributed by atoms with Gasteiger partial charge in [-0.1, -0.05) is 6.42 Å². The van der Waals surface area contributed by atoms with Gasteiger partial charge in [0.15, 0.2) is 0 Å². The molecule has 1 heterocycles. The standard InChI is InChI=1S/C14H19BrN2O3S/c1-14(12(18)19)5-3-4-10(14)16-13(20)17(2)7-9-6-11(15)21-8-9/h6,8,10H,3-5,7H2,1-2H3,(H,16,20)(H,18,19). The summed E-state index contributed by atoms with van der Waals surface area (Å²) in [7, 11) is 1.72. The minimum atomic E-state index is -0.859. The van der Waals surface area contributed by atoms with E-state index in [1.54, 1.807) is 30.2 Å². The molecule has 1 aliphatic carbocycles. The number of thiophene rings is 1. The molecule has 0 aliphatic heterocycles. The summed E-state index contributed by atoms with van der Waals surface area (Å²) in [5.74, 6) is -0.838. The van der Waals surface area contributed by atoms with Crippen LogP contribution in [0, 0.1) is 5.41 Å². The maximum Gasteiger partial charge on any atom is 0.317 e. The fourth-order valence-electron chi connectivity index (χ4n) is 2.69. The Morgan fingerprint density at radius 2 is 2.33 bits per heavy atom. The van der Waals surface area contributed by atoms with Crippen molar-refractivity contribution in [2.24, 2.45) is 5.41 Å². The van der Waals surface area contributed by atoms with Crippen molar-refractivity contribution in [3.8, 4) is 0 Å². The Morgan fingerprint density at radius 3 is 2.90 bits per heavy atom. The molecule has 1 aliphatic rings. The van der Waals surface area contributed by atoms with Gasteiger partial charge >= 0.3 is 12.0 Å². The highest BCUT2D eigenvalue weighted by atomic mass is 79.9. The van der Waals surface area contributed by atoms with Crippen molar-refractivity contribution in [2.45, 2.75) is 38.8 Å². The van der Waals surface area contributed by atoms with Gasteiger partial charge in [-0.25, -0.2) is 4.79 Å². The summed E-state index contributed by atoms with van der Waals surface area (Å²) in [6.07, 6.45) is 2.15. The molecule has 0 aromatic carbocycles. The van der Waals surface area contributed by atoms with Crippen LogP contribution in [0.15, 0.2) is 15.2 Å². The molecule has 7 heteroatoms. The quantitative estimate of drug-likeness (QED) is 0.849. The topological polar surface area (TPSA) is 69.6 Å². The monoisotopic (exact) mass is 374 g/mol. The molecule has 21 heavy (non-hydrogen) atoms. The van der Waals surface area contributed by atoms with Crippen molar-refractivity contribution >= 4 is 39.3 Å². The molecule has 0 bridgehead atoms. The SMILES string of the molecule is CN(Cc1csc(Br)c1)C(=O)NC1CCCC1(C)C(=O)O. The number of nitrogens with zero attached hydrogens (tertiary/aromatic N) is 1. The van der Waals surface area contributed by atoms with Crippen LogP contribution in [0.3, 0.4) is 0 Å². The Morgan fingerprint density at radius 1 is 1.62 bits per heavy atom. The van der Waals surface area contributed by atoms with E-state index in [4.69, 9.17) is 0 Å². The zero-order valence-electron chi connectivity index (χ0n) is 12.1. The number of carbonyl (C=O) groups is 2. The summed E-state index contributed by atoms with van der Waals surface area (Å²) in [5.41, 5.74) is 0.194. The Balaban J connectivity index is 1.96. The molecule has 1 aromatic heterocycles. The summed E-state index contributed by atoms with van der Waals surface area (Å²) >= 11 is 4.97. The van der Waals surface area contributed by atoms with E-state index in [2.05, 4.69) is 21.2 Å². The largest absolute Gasteiger partial charge is 0.481 e. The first-order valence-electron chi connectivity index (χ1n) is 6.81. The zero-order valence-corrected chi connectivity index (χ0v) is 14.5. The minimum absolute atomic E-state index is 0.225. The highest BCUT2D eigenvalue weighted by molar-refractivity contribution is 9.11. The Hall–Kier alpha value is -1.08. The normalized spacial score (nSPS) is 24.8. The second-order valence-electron chi connectivity index (χ2n) is 5.73. The van der Waals surface area contributed by atoms with E-state index in [-0.39, 0.29) is 12.1 Å². The van der Waals surface area contributed by atoms with Crippen molar-refractivity contribution in [2.75, 3.05) is 7.05 Å². The van der Waals surface area contributed by atoms with Gasteiger partial charge in [0.1, 0.15) is 0 Å². The number of hydrogen-bond acceptors (Lipinski definition) is 3. The molecule has 1 saturated carbocycles.